The Kier molecular flexibility index (Phi) is 8.26. The Balaban J connectivity index is 1.65. The summed E-state index contributed by atoms with van der Waals surface area (Å²) in [6.07, 6.45) is 4.89. The van der Waals surface area contributed by atoms with Crippen LogP contribution in [-0.4, -0.2) is 51.4 Å². The summed E-state index contributed by atoms with van der Waals surface area (Å²) in [5.74, 6) is -0.121. The third kappa shape index (κ3) is 6.90. The van der Waals surface area contributed by atoms with E-state index >= 15 is 0 Å². The van der Waals surface area contributed by atoms with Crippen molar-refractivity contribution in [2.75, 3.05) is 26.2 Å². The number of hydrogen-bond acceptors (Lipinski definition) is 4. The van der Waals surface area contributed by atoms with Gasteiger partial charge < -0.3 is 10.2 Å². The van der Waals surface area contributed by atoms with Gasteiger partial charge in [-0.2, -0.15) is 0 Å². The molecule has 0 saturated carbocycles. The first-order valence-corrected chi connectivity index (χ1v) is 11.4. The van der Waals surface area contributed by atoms with Gasteiger partial charge in [0, 0.05) is 32.1 Å². The molecule has 1 unspecified atom stereocenters. The second-order valence-electron chi connectivity index (χ2n) is 7.48. The first-order chi connectivity index (χ1) is 12.8. The number of nitrogens with one attached hydrogen (secondary N) is 2. The van der Waals surface area contributed by atoms with Gasteiger partial charge in [0.15, 0.2) is 0 Å². The first kappa shape index (κ1) is 21.9. The number of aryl methyl sites for hydroxylation is 2. The van der Waals surface area contributed by atoms with Crippen LogP contribution in [0.1, 0.15) is 50.2 Å². The molecule has 2 rings (SSSR count). The number of rotatable bonds is 9. The number of piperidine rings is 1. The van der Waals surface area contributed by atoms with E-state index in [1.54, 1.807) is 18.2 Å². The summed E-state index contributed by atoms with van der Waals surface area (Å²) in [4.78, 5) is 14.6. The second kappa shape index (κ2) is 10.2. The average Bonchev–Trinajstić information content (AvgIpc) is 2.62. The quantitative estimate of drug-likeness (QED) is 0.629. The number of carbonyl (C=O) groups is 1. The molecule has 0 aliphatic carbocycles. The van der Waals surface area contributed by atoms with Crippen molar-refractivity contribution in [2.24, 2.45) is 0 Å². The van der Waals surface area contributed by atoms with E-state index < -0.39 is 10.0 Å². The predicted molar refractivity (Wildman–Crippen MR) is 108 cm³/mol. The minimum Gasteiger partial charge on any atom is -0.356 e. The van der Waals surface area contributed by atoms with E-state index in [4.69, 9.17) is 0 Å². The molecule has 152 valence electrons. The summed E-state index contributed by atoms with van der Waals surface area (Å²) >= 11 is 0. The van der Waals surface area contributed by atoms with Crippen molar-refractivity contribution >= 4 is 15.9 Å². The highest BCUT2D eigenvalue weighted by Crippen LogP contribution is 2.16. The van der Waals surface area contributed by atoms with Crippen LogP contribution < -0.4 is 10.0 Å². The van der Waals surface area contributed by atoms with Crippen molar-refractivity contribution in [2.45, 2.75) is 63.8 Å². The van der Waals surface area contributed by atoms with Crippen LogP contribution in [0, 0.1) is 13.8 Å². The number of sulfonamides is 1. The van der Waals surface area contributed by atoms with Crippen LogP contribution in [0.5, 0.6) is 0 Å². The molecule has 1 atom stereocenters. The van der Waals surface area contributed by atoms with Crippen LogP contribution in [0.2, 0.25) is 0 Å². The number of benzene rings is 1. The number of carbonyl (C=O) groups excluding carboxylic acids is 1. The molecule has 1 aliphatic rings. The highest BCUT2D eigenvalue weighted by atomic mass is 32.2. The SMILES string of the molecule is Cc1ccc(S(=O)(=O)NCCC(=O)NCCCN2CCCCC2C)cc1C. The Morgan fingerprint density at radius 3 is 2.67 bits per heavy atom. The lowest BCUT2D eigenvalue weighted by molar-refractivity contribution is -0.120. The monoisotopic (exact) mass is 395 g/mol. The molecule has 0 radical (unpaired) electrons. The van der Waals surface area contributed by atoms with Crippen LogP contribution in [0.4, 0.5) is 0 Å². The molecule has 1 amide bonds. The summed E-state index contributed by atoms with van der Waals surface area (Å²) in [6.45, 7) is 8.97. The van der Waals surface area contributed by atoms with Crippen molar-refractivity contribution < 1.29 is 13.2 Å². The fraction of sp³-hybridized carbons (Fsp3) is 0.650. The fourth-order valence-electron chi connectivity index (χ4n) is 3.35. The lowest BCUT2D eigenvalue weighted by atomic mass is 10.0. The van der Waals surface area contributed by atoms with E-state index in [0.29, 0.717) is 12.6 Å². The molecule has 0 spiro atoms. The zero-order valence-corrected chi connectivity index (χ0v) is 17.6. The van der Waals surface area contributed by atoms with Gasteiger partial charge in [-0.25, -0.2) is 13.1 Å². The molecule has 1 aliphatic heterocycles. The number of nitrogens with zero attached hydrogens (tertiary/aromatic N) is 1. The van der Waals surface area contributed by atoms with E-state index in [9.17, 15) is 13.2 Å². The van der Waals surface area contributed by atoms with Gasteiger partial charge >= 0.3 is 0 Å². The number of likely N-dealkylation sites (tertiary alicyclic amines) is 1. The standard InChI is InChI=1S/C20H33N3O3S/c1-16-8-9-19(15-17(16)2)27(25,26)22-12-10-20(24)21-11-6-14-23-13-5-4-7-18(23)3/h8-9,15,18,22H,4-7,10-14H2,1-3H3,(H,21,24). The maximum absolute atomic E-state index is 12.3. The molecule has 6 nitrogen and oxygen atoms in total. The molecule has 2 N–H and O–H groups in total. The van der Waals surface area contributed by atoms with Crippen molar-refractivity contribution in [1.82, 2.24) is 14.9 Å². The maximum atomic E-state index is 12.3. The van der Waals surface area contributed by atoms with Crippen LogP contribution in [-0.2, 0) is 14.8 Å². The van der Waals surface area contributed by atoms with Crippen molar-refractivity contribution in [3.05, 3.63) is 29.3 Å². The third-order valence-electron chi connectivity index (χ3n) is 5.32. The predicted octanol–water partition coefficient (Wildman–Crippen LogP) is 2.35. The third-order valence-corrected chi connectivity index (χ3v) is 6.78. The maximum Gasteiger partial charge on any atom is 0.240 e. The van der Waals surface area contributed by atoms with Gasteiger partial charge in [0.05, 0.1) is 4.90 Å². The minimum atomic E-state index is -3.58. The summed E-state index contributed by atoms with van der Waals surface area (Å²) in [5.41, 5.74) is 1.98. The van der Waals surface area contributed by atoms with Gasteiger partial charge in [0.1, 0.15) is 0 Å². The van der Waals surface area contributed by atoms with E-state index in [1.165, 1.54) is 19.3 Å². The van der Waals surface area contributed by atoms with E-state index in [2.05, 4.69) is 21.9 Å². The van der Waals surface area contributed by atoms with Gasteiger partial charge in [-0.05, 0) is 69.8 Å². The Labute approximate surface area is 163 Å². The van der Waals surface area contributed by atoms with Crippen LogP contribution >= 0.6 is 0 Å². The van der Waals surface area contributed by atoms with Crippen LogP contribution in [0.15, 0.2) is 23.1 Å². The largest absolute Gasteiger partial charge is 0.356 e. The van der Waals surface area contributed by atoms with Gasteiger partial charge in [0.2, 0.25) is 15.9 Å². The lowest BCUT2D eigenvalue weighted by Gasteiger charge is -2.33. The molecule has 1 fully saturated rings. The van der Waals surface area contributed by atoms with Gasteiger partial charge in [0.25, 0.3) is 0 Å². The summed E-state index contributed by atoms with van der Waals surface area (Å²) in [6, 6.07) is 5.67. The zero-order valence-electron chi connectivity index (χ0n) is 16.8. The van der Waals surface area contributed by atoms with E-state index in [0.717, 1.165) is 30.6 Å². The first-order valence-electron chi connectivity index (χ1n) is 9.87. The van der Waals surface area contributed by atoms with Gasteiger partial charge in [-0.15, -0.1) is 0 Å². The van der Waals surface area contributed by atoms with Crippen LogP contribution in [0.25, 0.3) is 0 Å². The molecule has 27 heavy (non-hydrogen) atoms. The number of amides is 1. The Morgan fingerprint density at radius 2 is 1.96 bits per heavy atom. The highest BCUT2D eigenvalue weighted by molar-refractivity contribution is 7.89. The van der Waals surface area contributed by atoms with Crippen LogP contribution in [0.3, 0.4) is 0 Å². The summed E-state index contributed by atoms with van der Waals surface area (Å²) < 4.78 is 27.1. The lowest BCUT2D eigenvalue weighted by Crippen LogP contribution is -2.39. The van der Waals surface area contributed by atoms with Crippen molar-refractivity contribution in [3.8, 4) is 0 Å². The molecule has 1 saturated heterocycles. The smallest absolute Gasteiger partial charge is 0.240 e. The molecule has 0 bridgehead atoms. The second-order valence-corrected chi connectivity index (χ2v) is 9.25. The zero-order chi connectivity index (χ0) is 19.9. The minimum absolute atomic E-state index is 0.101. The van der Waals surface area contributed by atoms with Gasteiger partial charge in [-0.1, -0.05) is 12.5 Å². The molecular formula is C20H33N3O3S. The summed E-state index contributed by atoms with van der Waals surface area (Å²) in [7, 11) is -3.58. The Hall–Kier alpha value is -1.44. The normalized spacial score (nSPS) is 18.4. The fourth-order valence-corrected chi connectivity index (χ4v) is 4.47. The highest BCUT2D eigenvalue weighted by Gasteiger charge is 2.17. The molecule has 1 aromatic rings. The molecule has 7 heteroatoms. The average molecular weight is 396 g/mol. The molecule has 1 heterocycles. The molecule has 0 aromatic heterocycles. The topological polar surface area (TPSA) is 78.5 Å². The van der Waals surface area contributed by atoms with Crippen molar-refractivity contribution in [3.63, 3.8) is 0 Å². The number of hydrogen-bond donors (Lipinski definition) is 2. The van der Waals surface area contributed by atoms with E-state index in [-0.39, 0.29) is 23.8 Å². The van der Waals surface area contributed by atoms with Gasteiger partial charge in [-0.3, -0.25) is 4.79 Å². The van der Waals surface area contributed by atoms with Crippen molar-refractivity contribution in [1.29, 1.82) is 0 Å². The Morgan fingerprint density at radius 1 is 1.19 bits per heavy atom. The summed E-state index contributed by atoms with van der Waals surface area (Å²) in [5, 5.41) is 2.88. The molecule has 1 aromatic carbocycles. The van der Waals surface area contributed by atoms with E-state index in [1.807, 2.05) is 13.8 Å². The Bertz CT molecular complexity index is 734. The molecular weight excluding hydrogens is 362 g/mol.